The van der Waals surface area contributed by atoms with Gasteiger partial charge in [0.15, 0.2) is 0 Å². The Balaban J connectivity index is 1.60. The number of carbonyl (C=O) groups excluding carboxylic acids is 3. The summed E-state index contributed by atoms with van der Waals surface area (Å²) in [5.74, 6) is -2.36. The molecule has 0 saturated carbocycles. The first kappa shape index (κ1) is 22.1. The van der Waals surface area contributed by atoms with E-state index in [0.29, 0.717) is 37.2 Å². The van der Waals surface area contributed by atoms with E-state index in [1.54, 1.807) is 6.92 Å². The molecule has 1 aromatic rings. The number of halogens is 2. The molecule has 7 nitrogen and oxygen atoms in total. The summed E-state index contributed by atoms with van der Waals surface area (Å²) in [5.41, 5.74) is 1.27. The quantitative estimate of drug-likeness (QED) is 0.697. The largest absolute Gasteiger partial charge is 0.339 e. The van der Waals surface area contributed by atoms with E-state index >= 15 is 0 Å². The molecule has 0 radical (unpaired) electrons. The Kier molecular flexibility index (Phi) is 6.97. The van der Waals surface area contributed by atoms with Gasteiger partial charge in [-0.15, -0.1) is 0 Å². The van der Waals surface area contributed by atoms with Crippen molar-refractivity contribution in [3.8, 4) is 0 Å². The number of hydrogen-bond donors (Lipinski definition) is 1. The summed E-state index contributed by atoms with van der Waals surface area (Å²) in [6, 6.07) is 3.41. The Morgan fingerprint density at radius 2 is 2.13 bits per heavy atom. The van der Waals surface area contributed by atoms with E-state index in [2.05, 4.69) is 15.5 Å². The zero-order chi connectivity index (χ0) is 21.8. The molecule has 3 rings (SSSR count). The standard InChI is InChI=1S/C21H24ClFN4O3/c1-3-17(18-6-8-24-26-18)25-20(29)21(30)27-9-7-14(12(27)2)19(28)11-13-4-5-16(23)15(22)10-13/h4-6,10,12,14,17H,3,7-9,11H2,1-2H3,(H,25,29)/t12-,14-,17-/m0/s1. The van der Waals surface area contributed by atoms with Crippen molar-refractivity contribution in [2.24, 2.45) is 16.1 Å². The van der Waals surface area contributed by atoms with Crippen LogP contribution in [0.15, 0.2) is 40.2 Å². The molecular formula is C21H24ClFN4O3. The Hall–Kier alpha value is -2.61. The predicted octanol–water partition coefficient (Wildman–Crippen LogP) is 3.07. The summed E-state index contributed by atoms with van der Waals surface area (Å²) < 4.78 is 13.3. The van der Waals surface area contributed by atoms with E-state index in [-0.39, 0.29) is 29.2 Å². The Bertz CT molecular complexity index is 918. The zero-order valence-corrected chi connectivity index (χ0v) is 17.7. The van der Waals surface area contributed by atoms with E-state index < -0.39 is 23.7 Å². The van der Waals surface area contributed by atoms with Gasteiger partial charge in [0.05, 0.1) is 23.3 Å². The number of likely N-dealkylation sites (tertiary alicyclic amines) is 1. The van der Waals surface area contributed by atoms with Crippen LogP contribution >= 0.6 is 11.6 Å². The highest BCUT2D eigenvalue weighted by Gasteiger charge is 2.40. The molecule has 0 aliphatic carbocycles. The molecule has 1 N–H and O–H groups in total. The molecule has 2 aliphatic rings. The topological polar surface area (TPSA) is 91.2 Å². The van der Waals surface area contributed by atoms with E-state index in [0.717, 1.165) is 0 Å². The third-order valence-corrected chi connectivity index (χ3v) is 5.91. The van der Waals surface area contributed by atoms with Crippen molar-refractivity contribution < 1.29 is 18.8 Å². The van der Waals surface area contributed by atoms with Crippen LogP contribution in [0.1, 0.15) is 32.3 Å². The first-order chi connectivity index (χ1) is 14.3. The average Bonchev–Trinajstić information content (AvgIpc) is 3.38. The van der Waals surface area contributed by atoms with Crippen molar-refractivity contribution in [3.63, 3.8) is 0 Å². The summed E-state index contributed by atoms with van der Waals surface area (Å²) >= 11 is 5.79. The average molecular weight is 435 g/mol. The second-order valence-corrected chi connectivity index (χ2v) is 7.92. The lowest BCUT2D eigenvalue weighted by molar-refractivity contribution is -0.147. The first-order valence-electron chi connectivity index (χ1n) is 9.97. The maximum absolute atomic E-state index is 13.3. The fourth-order valence-corrected chi connectivity index (χ4v) is 4.09. The number of rotatable bonds is 6. The molecule has 3 atom stereocenters. The van der Waals surface area contributed by atoms with E-state index in [9.17, 15) is 18.8 Å². The number of hydrogen-bond acceptors (Lipinski definition) is 5. The number of azo groups is 1. The minimum atomic E-state index is -0.713. The summed E-state index contributed by atoms with van der Waals surface area (Å²) in [4.78, 5) is 39.4. The van der Waals surface area contributed by atoms with Crippen LogP contribution in [0.3, 0.4) is 0 Å². The number of ketones is 1. The number of nitrogens with one attached hydrogen (secondary N) is 1. The number of benzene rings is 1. The van der Waals surface area contributed by atoms with Gasteiger partial charge in [-0.25, -0.2) is 4.39 Å². The van der Waals surface area contributed by atoms with Gasteiger partial charge in [0.2, 0.25) is 0 Å². The van der Waals surface area contributed by atoms with Gasteiger partial charge in [-0.2, -0.15) is 10.2 Å². The van der Waals surface area contributed by atoms with E-state index in [1.807, 2.05) is 13.0 Å². The third kappa shape index (κ3) is 4.75. The maximum Gasteiger partial charge on any atom is 0.312 e. The van der Waals surface area contributed by atoms with Crippen LogP contribution in [0.25, 0.3) is 0 Å². The molecule has 2 aliphatic heterocycles. The van der Waals surface area contributed by atoms with E-state index in [1.165, 1.54) is 23.1 Å². The molecule has 0 bridgehead atoms. The Morgan fingerprint density at radius 1 is 1.37 bits per heavy atom. The first-order valence-corrected chi connectivity index (χ1v) is 10.3. The SMILES string of the molecule is CC[C@H](NC(=O)C(=O)N1CC[C@H](C(=O)Cc2ccc(F)c(Cl)c2)[C@@H]1C)C1=CCN=N1. The van der Waals surface area contributed by atoms with Crippen LogP contribution < -0.4 is 5.32 Å². The second kappa shape index (κ2) is 9.47. The molecule has 0 spiro atoms. The van der Waals surface area contributed by atoms with Gasteiger partial charge in [0.1, 0.15) is 11.6 Å². The molecule has 1 fully saturated rings. The summed E-state index contributed by atoms with van der Waals surface area (Å²) in [5, 5.41) is 10.5. The summed E-state index contributed by atoms with van der Waals surface area (Å²) in [6.07, 6.45) is 2.97. The van der Waals surface area contributed by atoms with Crippen LogP contribution in [0.5, 0.6) is 0 Å². The molecular weight excluding hydrogens is 411 g/mol. The van der Waals surface area contributed by atoms with Crippen molar-refractivity contribution in [1.29, 1.82) is 0 Å². The molecule has 1 saturated heterocycles. The highest BCUT2D eigenvalue weighted by atomic mass is 35.5. The molecule has 1 aromatic carbocycles. The van der Waals surface area contributed by atoms with E-state index in [4.69, 9.17) is 11.6 Å². The van der Waals surface area contributed by atoms with Crippen molar-refractivity contribution in [2.45, 2.75) is 45.2 Å². The molecule has 2 heterocycles. The molecule has 0 aromatic heterocycles. The highest BCUT2D eigenvalue weighted by molar-refractivity contribution is 6.35. The number of carbonyl (C=O) groups is 3. The molecule has 2 amide bonds. The number of amides is 2. The maximum atomic E-state index is 13.3. The molecule has 30 heavy (non-hydrogen) atoms. The molecule has 0 unspecified atom stereocenters. The van der Waals surface area contributed by atoms with Crippen molar-refractivity contribution >= 4 is 29.2 Å². The van der Waals surface area contributed by atoms with Crippen molar-refractivity contribution in [2.75, 3.05) is 13.1 Å². The lowest BCUT2D eigenvalue weighted by atomic mass is 9.92. The van der Waals surface area contributed by atoms with Crippen LogP contribution in [0.4, 0.5) is 4.39 Å². The second-order valence-electron chi connectivity index (χ2n) is 7.51. The van der Waals surface area contributed by atoms with Crippen LogP contribution in [0.2, 0.25) is 5.02 Å². The lowest BCUT2D eigenvalue weighted by Crippen LogP contribution is -2.48. The summed E-state index contributed by atoms with van der Waals surface area (Å²) in [7, 11) is 0. The zero-order valence-electron chi connectivity index (χ0n) is 16.9. The normalized spacial score (nSPS) is 21.5. The minimum absolute atomic E-state index is 0.0318. The van der Waals surface area contributed by atoms with Crippen molar-refractivity contribution in [3.05, 3.63) is 46.4 Å². The monoisotopic (exact) mass is 434 g/mol. The minimum Gasteiger partial charge on any atom is -0.339 e. The fourth-order valence-electron chi connectivity index (χ4n) is 3.88. The smallest absolute Gasteiger partial charge is 0.312 e. The summed E-state index contributed by atoms with van der Waals surface area (Å²) in [6.45, 7) is 4.46. The number of nitrogens with zero attached hydrogens (tertiary/aromatic N) is 3. The number of Topliss-reactive ketones (excluding diaryl/α,β-unsaturated/α-hetero) is 1. The highest BCUT2D eigenvalue weighted by Crippen LogP contribution is 2.27. The van der Waals surface area contributed by atoms with Gasteiger partial charge in [-0.1, -0.05) is 24.6 Å². The lowest BCUT2D eigenvalue weighted by Gasteiger charge is -2.25. The fraction of sp³-hybridized carbons (Fsp3) is 0.476. The predicted molar refractivity (Wildman–Crippen MR) is 109 cm³/mol. The van der Waals surface area contributed by atoms with Gasteiger partial charge in [-0.05, 0) is 43.5 Å². The van der Waals surface area contributed by atoms with Gasteiger partial charge < -0.3 is 10.2 Å². The van der Waals surface area contributed by atoms with Gasteiger partial charge in [0.25, 0.3) is 0 Å². The van der Waals surface area contributed by atoms with Gasteiger partial charge in [-0.3, -0.25) is 14.4 Å². The molecule has 9 heteroatoms. The Morgan fingerprint density at radius 3 is 2.77 bits per heavy atom. The third-order valence-electron chi connectivity index (χ3n) is 5.62. The van der Waals surface area contributed by atoms with Crippen LogP contribution in [0, 0.1) is 11.7 Å². The Labute approximate surface area is 179 Å². The van der Waals surface area contributed by atoms with Crippen molar-refractivity contribution in [1.82, 2.24) is 10.2 Å². The van der Waals surface area contributed by atoms with Gasteiger partial charge in [0, 0.05) is 24.9 Å². The van der Waals surface area contributed by atoms with Gasteiger partial charge >= 0.3 is 11.8 Å². The van der Waals surface area contributed by atoms with Crippen LogP contribution in [-0.2, 0) is 20.8 Å². The molecule has 160 valence electrons. The van der Waals surface area contributed by atoms with Crippen LogP contribution in [-0.4, -0.2) is 47.7 Å².